The highest BCUT2D eigenvalue weighted by molar-refractivity contribution is 5.90. The fourth-order valence-corrected chi connectivity index (χ4v) is 3.24. The molecule has 1 aliphatic rings. The number of amides is 1. The second kappa shape index (κ2) is 9.34. The molecule has 10 heteroatoms. The van der Waals surface area contributed by atoms with Crippen LogP contribution >= 0.6 is 0 Å². The maximum atomic E-state index is 13.9. The van der Waals surface area contributed by atoms with Crippen molar-refractivity contribution >= 4 is 34.9 Å². The number of ether oxygens (including phenoxy) is 1. The van der Waals surface area contributed by atoms with Crippen LogP contribution in [0.2, 0.25) is 0 Å². The molecule has 1 aromatic carbocycles. The van der Waals surface area contributed by atoms with Gasteiger partial charge in [0, 0.05) is 6.04 Å². The Labute approximate surface area is 180 Å². The number of aromatic nitrogens is 2. The normalized spacial score (nSPS) is 18.9. The molecule has 0 aliphatic heterocycles. The summed E-state index contributed by atoms with van der Waals surface area (Å²) in [6, 6.07) is 4.02. The van der Waals surface area contributed by atoms with Gasteiger partial charge in [0.2, 0.25) is 5.95 Å². The molecule has 6 N–H and O–H groups in total. The molecular weight excluding hydrogens is 403 g/mol. The highest BCUT2D eigenvalue weighted by atomic mass is 19.1. The first-order valence-corrected chi connectivity index (χ1v) is 10.2. The van der Waals surface area contributed by atoms with Gasteiger partial charge in [-0.25, -0.2) is 14.2 Å². The number of carbonyl (C=O) groups is 1. The summed E-state index contributed by atoms with van der Waals surface area (Å²) in [5, 5.41) is 18.5. The molecule has 1 fully saturated rings. The maximum Gasteiger partial charge on any atom is 0.412 e. The minimum atomic E-state index is -0.673. The lowest BCUT2D eigenvalue weighted by Gasteiger charge is -2.27. The molecule has 2 aromatic rings. The van der Waals surface area contributed by atoms with E-state index in [2.05, 4.69) is 25.9 Å². The van der Waals surface area contributed by atoms with Crippen molar-refractivity contribution in [2.24, 2.45) is 0 Å². The topological polar surface area (TPSA) is 134 Å². The number of hydrogen-bond acceptors (Lipinski definition) is 8. The molecular formula is C21H29FN6O3. The molecule has 1 heterocycles. The SMILES string of the molecule is CC(C)(C)OC(=O)Nc1ccc(F)cc1Nc1ncc(N)c(N[C@H]2CC[C@H](O)CC2)n1. The lowest BCUT2D eigenvalue weighted by atomic mass is 9.93. The Morgan fingerprint density at radius 1 is 1.23 bits per heavy atom. The first-order chi connectivity index (χ1) is 14.6. The van der Waals surface area contributed by atoms with E-state index in [1.54, 1.807) is 20.8 Å². The van der Waals surface area contributed by atoms with Crippen molar-refractivity contribution in [1.29, 1.82) is 0 Å². The maximum absolute atomic E-state index is 13.9. The van der Waals surface area contributed by atoms with Gasteiger partial charge in [-0.3, -0.25) is 5.32 Å². The number of nitrogens with one attached hydrogen (secondary N) is 3. The van der Waals surface area contributed by atoms with Crippen LogP contribution < -0.4 is 21.7 Å². The summed E-state index contributed by atoms with van der Waals surface area (Å²) in [5.41, 5.74) is 6.29. The molecule has 168 valence electrons. The summed E-state index contributed by atoms with van der Waals surface area (Å²) in [6.45, 7) is 5.25. The zero-order valence-electron chi connectivity index (χ0n) is 17.9. The molecule has 0 spiro atoms. The van der Waals surface area contributed by atoms with Gasteiger partial charge in [0.1, 0.15) is 11.4 Å². The van der Waals surface area contributed by atoms with E-state index in [1.165, 1.54) is 24.4 Å². The van der Waals surface area contributed by atoms with Crippen molar-refractivity contribution in [3.8, 4) is 0 Å². The van der Waals surface area contributed by atoms with Crippen molar-refractivity contribution in [2.75, 3.05) is 21.7 Å². The van der Waals surface area contributed by atoms with E-state index in [1.807, 2.05) is 0 Å². The summed E-state index contributed by atoms with van der Waals surface area (Å²) in [5.74, 6) is 0.147. The van der Waals surface area contributed by atoms with E-state index < -0.39 is 17.5 Å². The molecule has 0 atom stereocenters. The Hall–Kier alpha value is -3.14. The minimum absolute atomic E-state index is 0.145. The van der Waals surface area contributed by atoms with Gasteiger partial charge in [-0.1, -0.05) is 0 Å². The van der Waals surface area contributed by atoms with Crippen LogP contribution in [0.4, 0.5) is 38.0 Å². The fourth-order valence-electron chi connectivity index (χ4n) is 3.24. The zero-order valence-corrected chi connectivity index (χ0v) is 17.9. The quantitative estimate of drug-likeness (QED) is 0.478. The molecule has 0 unspecified atom stereocenters. The third-order valence-electron chi connectivity index (χ3n) is 4.72. The number of halogens is 1. The van der Waals surface area contributed by atoms with Crippen LogP contribution in [0.1, 0.15) is 46.5 Å². The Balaban J connectivity index is 1.76. The van der Waals surface area contributed by atoms with E-state index in [9.17, 15) is 14.3 Å². The van der Waals surface area contributed by atoms with E-state index >= 15 is 0 Å². The van der Waals surface area contributed by atoms with Crippen LogP contribution in [-0.4, -0.2) is 38.9 Å². The van der Waals surface area contributed by atoms with Gasteiger partial charge in [0.25, 0.3) is 0 Å². The first-order valence-electron chi connectivity index (χ1n) is 10.2. The third-order valence-corrected chi connectivity index (χ3v) is 4.72. The summed E-state index contributed by atoms with van der Waals surface area (Å²) >= 11 is 0. The Bertz CT molecular complexity index is 926. The second-order valence-electron chi connectivity index (χ2n) is 8.59. The number of nitrogen functional groups attached to an aromatic ring is 1. The summed E-state index contributed by atoms with van der Waals surface area (Å²) in [6.07, 6.45) is 3.58. The van der Waals surface area contributed by atoms with Crippen LogP contribution in [0.5, 0.6) is 0 Å². The van der Waals surface area contributed by atoms with Gasteiger partial charge in [-0.15, -0.1) is 0 Å². The molecule has 31 heavy (non-hydrogen) atoms. The number of aliphatic hydroxyl groups is 1. The molecule has 1 saturated carbocycles. The molecule has 0 saturated heterocycles. The molecule has 0 radical (unpaired) electrons. The van der Waals surface area contributed by atoms with Gasteiger partial charge in [-0.05, 0) is 64.7 Å². The van der Waals surface area contributed by atoms with Gasteiger partial charge >= 0.3 is 6.09 Å². The smallest absolute Gasteiger partial charge is 0.412 e. The number of nitrogens with two attached hydrogens (primary N) is 1. The van der Waals surface area contributed by atoms with Gasteiger partial charge in [0.15, 0.2) is 5.82 Å². The average molecular weight is 433 g/mol. The van der Waals surface area contributed by atoms with Crippen molar-refractivity contribution in [2.45, 2.75) is 64.2 Å². The lowest BCUT2D eigenvalue weighted by molar-refractivity contribution is 0.0636. The Kier molecular flexibility index (Phi) is 6.79. The molecule has 9 nitrogen and oxygen atoms in total. The van der Waals surface area contributed by atoms with Gasteiger partial charge in [-0.2, -0.15) is 4.98 Å². The number of benzene rings is 1. The predicted molar refractivity (Wildman–Crippen MR) is 118 cm³/mol. The number of carbonyl (C=O) groups excluding carboxylic acids is 1. The van der Waals surface area contributed by atoms with Crippen LogP contribution in [-0.2, 0) is 4.74 Å². The Morgan fingerprint density at radius 3 is 2.61 bits per heavy atom. The standard InChI is InChI=1S/C21H29FN6O3/c1-21(2,3)31-20(30)27-16-9-4-12(22)10-17(16)26-19-24-11-15(23)18(28-19)25-13-5-7-14(29)8-6-13/h4,9-11,13-14,29H,5-8,23H2,1-3H3,(H,27,30)(H2,24,25,26,28)/t13-,14-. The summed E-state index contributed by atoms with van der Waals surface area (Å²) < 4.78 is 19.1. The monoisotopic (exact) mass is 432 g/mol. The number of nitrogens with zero attached hydrogens (tertiary/aromatic N) is 2. The van der Waals surface area contributed by atoms with Crippen LogP contribution in [0.15, 0.2) is 24.4 Å². The number of rotatable bonds is 5. The largest absolute Gasteiger partial charge is 0.444 e. The van der Waals surface area contributed by atoms with Crippen molar-refractivity contribution < 1.29 is 19.0 Å². The molecule has 1 amide bonds. The highest BCUT2D eigenvalue weighted by Crippen LogP contribution is 2.28. The first kappa shape index (κ1) is 22.5. The number of aliphatic hydroxyl groups excluding tert-OH is 1. The zero-order chi connectivity index (χ0) is 22.6. The highest BCUT2D eigenvalue weighted by Gasteiger charge is 2.21. The molecule has 3 rings (SSSR count). The van der Waals surface area contributed by atoms with E-state index in [-0.39, 0.29) is 23.8 Å². The van der Waals surface area contributed by atoms with Crippen LogP contribution in [0.25, 0.3) is 0 Å². The second-order valence-corrected chi connectivity index (χ2v) is 8.59. The van der Waals surface area contributed by atoms with Gasteiger partial charge in [0.05, 0.1) is 29.4 Å². The van der Waals surface area contributed by atoms with E-state index in [4.69, 9.17) is 10.5 Å². The number of anilines is 5. The molecule has 1 aromatic heterocycles. The predicted octanol–water partition coefficient (Wildman–Crippen LogP) is 4.00. The van der Waals surface area contributed by atoms with Crippen molar-refractivity contribution in [3.05, 3.63) is 30.2 Å². The van der Waals surface area contributed by atoms with E-state index in [0.29, 0.717) is 17.2 Å². The third kappa shape index (κ3) is 6.68. The van der Waals surface area contributed by atoms with Crippen LogP contribution in [0, 0.1) is 5.82 Å². The number of hydrogen-bond donors (Lipinski definition) is 5. The van der Waals surface area contributed by atoms with Crippen LogP contribution in [0.3, 0.4) is 0 Å². The van der Waals surface area contributed by atoms with E-state index in [0.717, 1.165) is 25.7 Å². The molecule has 1 aliphatic carbocycles. The average Bonchev–Trinajstić information content (AvgIpc) is 2.67. The van der Waals surface area contributed by atoms with Gasteiger partial charge < -0.3 is 26.2 Å². The van der Waals surface area contributed by atoms with Crippen molar-refractivity contribution in [1.82, 2.24) is 9.97 Å². The fraction of sp³-hybridized carbons (Fsp3) is 0.476. The summed E-state index contributed by atoms with van der Waals surface area (Å²) in [4.78, 5) is 20.7. The lowest BCUT2D eigenvalue weighted by Crippen LogP contribution is -2.29. The Morgan fingerprint density at radius 2 is 1.94 bits per heavy atom. The van der Waals surface area contributed by atoms with Crippen molar-refractivity contribution in [3.63, 3.8) is 0 Å². The molecule has 0 bridgehead atoms. The summed E-state index contributed by atoms with van der Waals surface area (Å²) in [7, 11) is 0. The minimum Gasteiger partial charge on any atom is -0.444 e.